The van der Waals surface area contributed by atoms with E-state index in [9.17, 15) is 4.57 Å². The summed E-state index contributed by atoms with van der Waals surface area (Å²) in [6.07, 6.45) is 0. The SMILES string of the molecule is O=P(O)(O)c1ccccc1OCCO. The van der Waals surface area contributed by atoms with Crippen LogP contribution in [0.15, 0.2) is 24.3 Å². The van der Waals surface area contributed by atoms with E-state index in [-0.39, 0.29) is 24.3 Å². The molecule has 0 aliphatic heterocycles. The second-order valence-corrected chi connectivity index (χ2v) is 4.15. The summed E-state index contributed by atoms with van der Waals surface area (Å²) < 4.78 is 15.9. The molecular formula is C8H11O5P. The zero-order valence-corrected chi connectivity index (χ0v) is 8.22. The molecule has 0 aliphatic carbocycles. The van der Waals surface area contributed by atoms with Crippen molar-refractivity contribution in [3.63, 3.8) is 0 Å². The molecule has 0 amide bonds. The van der Waals surface area contributed by atoms with Crippen LogP contribution >= 0.6 is 7.60 Å². The molecule has 0 saturated heterocycles. The van der Waals surface area contributed by atoms with Gasteiger partial charge in [0.05, 0.1) is 6.61 Å². The molecule has 3 N–H and O–H groups in total. The first-order valence-corrected chi connectivity index (χ1v) is 5.55. The van der Waals surface area contributed by atoms with Gasteiger partial charge in [-0.3, -0.25) is 4.57 Å². The average Bonchev–Trinajstić information content (AvgIpc) is 2.14. The minimum absolute atomic E-state index is 0.0109. The number of hydrogen-bond donors (Lipinski definition) is 3. The maximum Gasteiger partial charge on any atom is 0.359 e. The zero-order chi connectivity index (χ0) is 10.6. The maximum atomic E-state index is 11.0. The first kappa shape index (κ1) is 11.2. The van der Waals surface area contributed by atoms with Crippen LogP contribution in [0.2, 0.25) is 0 Å². The predicted molar refractivity (Wildman–Crippen MR) is 50.7 cm³/mol. The van der Waals surface area contributed by atoms with Crippen molar-refractivity contribution in [1.82, 2.24) is 0 Å². The van der Waals surface area contributed by atoms with Crippen molar-refractivity contribution >= 4 is 12.9 Å². The Bertz CT molecular complexity index is 345. The number of aliphatic hydroxyl groups excluding tert-OH is 1. The molecule has 1 aromatic rings. The molecule has 0 aliphatic rings. The van der Waals surface area contributed by atoms with Crippen molar-refractivity contribution in [2.45, 2.75) is 0 Å². The van der Waals surface area contributed by atoms with Crippen LogP contribution in [-0.4, -0.2) is 28.1 Å². The predicted octanol–water partition coefficient (Wildman–Crippen LogP) is -0.139. The van der Waals surface area contributed by atoms with Crippen LogP contribution in [0.4, 0.5) is 0 Å². The van der Waals surface area contributed by atoms with Gasteiger partial charge in [0.2, 0.25) is 0 Å². The Kier molecular flexibility index (Phi) is 3.66. The second-order valence-electron chi connectivity index (χ2n) is 2.58. The van der Waals surface area contributed by atoms with E-state index in [0.717, 1.165) is 0 Å². The summed E-state index contributed by atoms with van der Waals surface area (Å²) in [5.41, 5.74) is 0. The smallest absolute Gasteiger partial charge is 0.359 e. The van der Waals surface area contributed by atoms with E-state index in [2.05, 4.69) is 0 Å². The largest absolute Gasteiger partial charge is 0.490 e. The third-order valence-electron chi connectivity index (χ3n) is 1.53. The van der Waals surface area contributed by atoms with Gasteiger partial charge < -0.3 is 19.6 Å². The summed E-state index contributed by atoms with van der Waals surface area (Å²) in [5.74, 6) is 0.106. The van der Waals surface area contributed by atoms with Crippen molar-refractivity contribution in [3.8, 4) is 5.75 Å². The summed E-state index contributed by atoms with van der Waals surface area (Å²) in [6, 6.07) is 5.86. The van der Waals surface area contributed by atoms with Crippen molar-refractivity contribution < 1.29 is 24.2 Å². The Balaban J connectivity index is 2.98. The lowest BCUT2D eigenvalue weighted by atomic mass is 10.3. The van der Waals surface area contributed by atoms with Gasteiger partial charge in [0.25, 0.3) is 0 Å². The summed E-state index contributed by atoms with van der Waals surface area (Å²) >= 11 is 0. The summed E-state index contributed by atoms with van der Waals surface area (Å²) in [6.45, 7) is -0.188. The first-order chi connectivity index (χ1) is 6.55. The summed E-state index contributed by atoms with van der Waals surface area (Å²) in [5, 5.41) is 8.34. The average molecular weight is 218 g/mol. The van der Waals surface area contributed by atoms with Gasteiger partial charge in [-0.15, -0.1) is 0 Å². The molecule has 78 valence electrons. The topological polar surface area (TPSA) is 87.0 Å². The van der Waals surface area contributed by atoms with E-state index in [0.29, 0.717) is 0 Å². The highest BCUT2D eigenvalue weighted by Gasteiger charge is 2.21. The van der Waals surface area contributed by atoms with Crippen LogP contribution in [0.25, 0.3) is 0 Å². The van der Waals surface area contributed by atoms with Crippen LogP contribution in [0.1, 0.15) is 0 Å². The molecule has 0 unspecified atom stereocenters. The van der Waals surface area contributed by atoms with Gasteiger partial charge in [-0.1, -0.05) is 12.1 Å². The van der Waals surface area contributed by atoms with Crippen molar-refractivity contribution in [1.29, 1.82) is 0 Å². The van der Waals surface area contributed by atoms with E-state index in [1.54, 1.807) is 6.07 Å². The van der Waals surface area contributed by atoms with Crippen LogP contribution in [-0.2, 0) is 4.57 Å². The van der Waals surface area contributed by atoms with Gasteiger partial charge in [0, 0.05) is 0 Å². The van der Waals surface area contributed by atoms with Crippen LogP contribution in [0, 0.1) is 0 Å². The molecule has 0 fully saturated rings. The summed E-state index contributed by atoms with van der Waals surface area (Å²) in [7, 11) is -4.30. The highest BCUT2D eigenvalue weighted by atomic mass is 31.2. The Labute approximate surface area is 81.1 Å². The number of rotatable bonds is 4. The lowest BCUT2D eigenvalue weighted by Gasteiger charge is -2.10. The van der Waals surface area contributed by atoms with Crippen molar-refractivity contribution in [2.24, 2.45) is 0 Å². The fourth-order valence-electron chi connectivity index (χ4n) is 0.975. The van der Waals surface area contributed by atoms with Gasteiger partial charge >= 0.3 is 7.60 Å². The molecular weight excluding hydrogens is 207 g/mol. The highest BCUT2D eigenvalue weighted by molar-refractivity contribution is 7.60. The number of para-hydroxylation sites is 1. The molecule has 5 nitrogen and oxygen atoms in total. The van der Waals surface area contributed by atoms with Crippen LogP contribution in [0.3, 0.4) is 0 Å². The quantitative estimate of drug-likeness (QED) is 0.612. The Morgan fingerprint density at radius 2 is 1.93 bits per heavy atom. The van der Waals surface area contributed by atoms with Gasteiger partial charge in [0.15, 0.2) is 0 Å². The molecule has 1 aromatic carbocycles. The minimum atomic E-state index is -4.30. The van der Waals surface area contributed by atoms with Gasteiger partial charge in [-0.05, 0) is 12.1 Å². The Morgan fingerprint density at radius 1 is 1.29 bits per heavy atom. The first-order valence-electron chi connectivity index (χ1n) is 3.94. The minimum Gasteiger partial charge on any atom is -0.490 e. The number of aliphatic hydroxyl groups is 1. The van der Waals surface area contributed by atoms with E-state index < -0.39 is 7.60 Å². The lowest BCUT2D eigenvalue weighted by molar-refractivity contribution is 0.202. The fraction of sp³-hybridized carbons (Fsp3) is 0.250. The molecule has 6 heteroatoms. The Hall–Kier alpha value is -0.870. The van der Waals surface area contributed by atoms with E-state index >= 15 is 0 Å². The molecule has 0 heterocycles. The van der Waals surface area contributed by atoms with Crippen molar-refractivity contribution in [3.05, 3.63) is 24.3 Å². The Morgan fingerprint density at radius 3 is 2.50 bits per heavy atom. The molecule has 0 saturated carbocycles. The van der Waals surface area contributed by atoms with Crippen LogP contribution < -0.4 is 10.0 Å². The number of benzene rings is 1. The molecule has 0 spiro atoms. The molecule has 0 atom stereocenters. The number of hydrogen-bond acceptors (Lipinski definition) is 3. The lowest BCUT2D eigenvalue weighted by Crippen LogP contribution is -2.12. The van der Waals surface area contributed by atoms with E-state index in [1.165, 1.54) is 18.2 Å². The molecule has 0 radical (unpaired) electrons. The second kappa shape index (κ2) is 4.57. The zero-order valence-electron chi connectivity index (χ0n) is 7.33. The van der Waals surface area contributed by atoms with Crippen LogP contribution in [0.5, 0.6) is 5.75 Å². The van der Waals surface area contributed by atoms with E-state index in [1.807, 2.05) is 0 Å². The molecule has 0 aromatic heterocycles. The highest BCUT2D eigenvalue weighted by Crippen LogP contribution is 2.36. The number of ether oxygens (including phenoxy) is 1. The van der Waals surface area contributed by atoms with E-state index in [4.69, 9.17) is 19.6 Å². The normalized spacial score (nSPS) is 11.4. The molecule has 0 bridgehead atoms. The van der Waals surface area contributed by atoms with Gasteiger partial charge in [0.1, 0.15) is 17.7 Å². The maximum absolute atomic E-state index is 11.0. The van der Waals surface area contributed by atoms with Gasteiger partial charge in [-0.2, -0.15) is 0 Å². The third-order valence-corrected chi connectivity index (χ3v) is 2.53. The third kappa shape index (κ3) is 2.82. The molecule has 14 heavy (non-hydrogen) atoms. The molecule has 1 rings (SSSR count). The summed E-state index contributed by atoms with van der Waals surface area (Å²) in [4.78, 5) is 17.9. The monoisotopic (exact) mass is 218 g/mol. The van der Waals surface area contributed by atoms with Crippen molar-refractivity contribution in [2.75, 3.05) is 13.2 Å². The fourth-order valence-corrected chi connectivity index (χ4v) is 1.68. The standard InChI is InChI=1S/C8H11O5P/c9-5-6-13-7-3-1-2-4-8(7)14(10,11)12/h1-4,9H,5-6H2,(H2,10,11,12). The van der Waals surface area contributed by atoms with Gasteiger partial charge in [-0.25, -0.2) is 0 Å².